The highest BCUT2D eigenvalue weighted by Crippen LogP contribution is 2.50. The monoisotopic (exact) mass is 351 g/mol. The van der Waals surface area contributed by atoms with E-state index in [9.17, 15) is 19.5 Å². The standard InChI is InChI=1S/C17H25N3O5/c1-2-25-13-11-12(21)17(13)5-9-19(10-6-17)15(23)4-8-20-7-3-14(22)18-16(20)24/h3,7,12-13,21H,2,4-6,8-11H2,1H3,(H,18,22,24)/t12-,13+/m0/s1. The quantitative estimate of drug-likeness (QED) is 0.758. The number of aliphatic hydroxyl groups excluding tert-OH is 1. The number of aryl methyl sites for hydroxylation is 1. The first-order chi connectivity index (χ1) is 12.0. The Morgan fingerprint density at radius 3 is 2.72 bits per heavy atom. The molecule has 2 aliphatic rings. The van der Waals surface area contributed by atoms with Crippen molar-refractivity contribution < 1.29 is 14.6 Å². The van der Waals surface area contributed by atoms with E-state index in [0.717, 1.165) is 12.8 Å². The summed E-state index contributed by atoms with van der Waals surface area (Å²) in [7, 11) is 0. The summed E-state index contributed by atoms with van der Waals surface area (Å²) in [5.74, 6) is -0.0188. The van der Waals surface area contributed by atoms with Gasteiger partial charge in [-0.25, -0.2) is 4.79 Å². The van der Waals surface area contributed by atoms with Crippen molar-refractivity contribution in [2.75, 3.05) is 19.7 Å². The number of likely N-dealkylation sites (tertiary alicyclic amines) is 1. The van der Waals surface area contributed by atoms with Gasteiger partial charge in [-0.3, -0.25) is 14.6 Å². The van der Waals surface area contributed by atoms with Crippen molar-refractivity contribution in [1.82, 2.24) is 14.5 Å². The summed E-state index contributed by atoms with van der Waals surface area (Å²) in [6.45, 7) is 4.02. The molecule has 1 saturated carbocycles. The molecule has 0 unspecified atom stereocenters. The van der Waals surface area contributed by atoms with Gasteiger partial charge >= 0.3 is 5.69 Å². The maximum atomic E-state index is 12.4. The number of amides is 1. The average molecular weight is 351 g/mol. The Hall–Kier alpha value is -1.93. The topological polar surface area (TPSA) is 105 Å². The van der Waals surface area contributed by atoms with Crippen molar-refractivity contribution in [3.63, 3.8) is 0 Å². The first kappa shape index (κ1) is 17.9. The smallest absolute Gasteiger partial charge is 0.328 e. The van der Waals surface area contributed by atoms with Crippen LogP contribution in [0.25, 0.3) is 0 Å². The maximum absolute atomic E-state index is 12.4. The Kier molecular flexibility index (Phi) is 5.10. The van der Waals surface area contributed by atoms with E-state index in [0.29, 0.717) is 26.1 Å². The molecule has 2 N–H and O–H groups in total. The van der Waals surface area contributed by atoms with Gasteiger partial charge in [0.1, 0.15) is 0 Å². The minimum atomic E-state index is -0.505. The number of piperidine rings is 1. The molecule has 138 valence electrons. The summed E-state index contributed by atoms with van der Waals surface area (Å²) >= 11 is 0. The summed E-state index contributed by atoms with van der Waals surface area (Å²) in [6.07, 6.45) is 3.50. The molecule has 1 aliphatic carbocycles. The van der Waals surface area contributed by atoms with E-state index in [4.69, 9.17) is 4.74 Å². The zero-order valence-electron chi connectivity index (χ0n) is 14.4. The third-order valence-electron chi connectivity index (χ3n) is 5.62. The first-order valence-corrected chi connectivity index (χ1v) is 8.83. The Morgan fingerprint density at radius 1 is 1.40 bits per heavy atom. The lowest BCUT2D eigenvalue weighted by Crippen LogP contribution is -2.62. The number of hydrogen-bond donors (Lipinski definition) is 2. The molecule has 0 bridgehead atoms. The number of ether oxygens (including phenoxy) is 1. The van der Waals surface area contributed by atoms with Gasteiger partial charge in [-0.05, 0) is 19.8 Å². The molecule has 3 rings (SSSR count). The molecule has 25 heavy (non-hydrogen) atoms. The number of rotatable bonds is 5. The van der Waals surface area contributed by atoms with Crippen LogP contribution in [0.3, 0.4) is 0 Å². The number of aliphatic hydroxyl groups is 1. The normalized spacial score (nSPS) is 25.0. The molecular formula is C17H25N3O5. The third-order valence-corrected chi connectivity index (χ3v) is 5.62. The second-order valence-electron chi connectivity index (χ2n) is 6.86. The minimum Gasteiger partial charge on any atom is -0.392 e. The molecule has 1 aromatic heterocycles. The highest BCUT2D eigenvalue weighted by atomic mass is 16.5. The summed E-state index contributed by atoms with van der Waals surface area (Å²) in [6, 6.07) is 1.27. The molecule has 8 heteroatoms. The van der Waals surface area contributed by atoms with E-state index in [1.807, 2.05) is 6.92 Å². The summed E-state index contributed by atoms with van der Waals surface area (Å²) in [5.41, 5.74) is -1.16. The van der Waals surface area contributed by atoms with Crippen LogP contribution in [0.4, 0.5) is 0 Å². The number of hydrogen-bond acceptors (Lipinski definition) is 5. The molecule has 0 aromatic carbocycles. The molecule has 8 nitrogen and oxygen atoms in total. The Labute approximate surface area is 145 Å². The van der Waals surface area contributed by atoms with E-state index in [2.05, 4.69) is 4.98 Å². The molecule has 2 atom stereocenters. The van der Waals surface area contributed by atoms with E-state index >= 15 is 0 Å². The molecular weight excluding hydrogens is 326 g/mol. The second kappa shape index (κ2) is 7.13. The number of nitrogens with zero attached hydrogens (tertiary/aromatic N) is 2. The zero-order valence-corrected chi connectivity index (χ0v) is 14.4. The first-order valence-electron chi connectivity index (χ1n) is 8.83. The number of carbonyl (C=O) groups is 1. The molecule has 2 heterocycles. The SMILES string of the molecule is CCO[C@@H]1C[C@H](O)C12CCN(C(=O)CCn1ccc(=O)[nH]c1=O)CC2. The predicted molar refractivity (Wildman–Crippen MR) is 90.2 cm³/mol. The van der Waals surface area contributed by atoms with Crippen LogP contribution in [0.1, 0.15) is 32.6 Å². The number of aromatic nitrogens is 2. The fourth-order valence-corrected chi connectivity index (χ4v) is 3.98. The second-order valence-corrected chi connectivity index (χ2v) is 6.86. The van der Waals surface area contributed by atoms with Gasteiger partial charge in [-0.2, -0.15) is 0 Å². The van der Waals surface area contributed by atoms with Crippen molar-refractivity contribution in [2.24, 2.45) is 5.41 Å². The van der Waals surface area contributed by atoms with Crippen LogP contribution in [0, 0.1) is 5.41 Å². The van der Waals surface area contributed by atoms with E-state index in [1.165, 1.54) is 16.8 Å². The van der Waals surface area contributed by atoms with Crippen LogP contribution >= 0.6 is 0 Å². The molecule has 1 aliphatic heterocycles. The van der Waals surface area contributed by atoms with Gasteiger partial charge < -0.3 is 19.3 Å². The van der Waals surface area contributed by atoms with Gasteiger partial charge in [0.25, 0.3) is 5.56 Å². The van der Waals surface area contributed by atoms with E-state index in [1.54, 1.807) is 4.90 Å². The summed E-state index contributed by atoms with van der Waals surface area (Å²) < 4.78 is 7.06. The number of H-pyrrole nitrogens is 1. The summed E-state index contributed by atoms with van der Waals surface area (Å²) in [5, 5.41) is 10.2. The third kappa shape index (κ3) is 3.41. The number of aromatic amines is 1. The van der Waals surface area contributed by atoms with Crippen LogP contribution in [0.2, 0.25) is 0 Å². The highest BCUT2D eigenvalue weighted by molar-refractivity contribution is 5.76. The summed E-state index contributed by atoms with van der Waals surface area (Å²) in [4.78, 5) is 39.0. The lowest BCUT2D eigenvalue weighted by Gasteiger charge is -2.56. The zero-order chi connectivity index (χ0) is 18.0. The van der Waals surface area contributed by atoms with Gasteiger partial charge in [0.15, 0.2) is 0 Å². The molecule has 1 aromatic rings. The molecule has 1 spiro atoms. The van der Waals surface area contributed by atoms with Gasteiger partial charge in [0.2, 0.25) is 5.91 Å². The maximum Gasteiger partial charge on any atom is 0.328 e. The number of nitrogens with one attached hydrogen (secondary N) is 1. The van der Waals surface area contributed by atoms with Crippen molar-refractivity contribution in [3.8, 4) is 0 Å². The highest BCUT2D eigenvalue weighted by Gasteiger charge is 2.56. The van der Waals surface area contributed by atoms with E-state index in [-0.39, 0.29) is 36.5 Å². The minimum absolute atomic E-state index is 0.0188. The van der Waals surface area contributed by atoms with Crippen molar-refractivity contribution in [3.05, 3.63) is 33.1 Å². The Morgan fingerprint density at radius 2 is 2.12 bits per heavy atom. The van der Waals surface area contributed by atoms with Gasteiger partial charge in [0.05, 0.1) is 12.2 Å². The average Bonchev–Trinajstić information content (AvgIpc) is 2.61. The Bertz CT molecular complexity index is 730. The van der Waals surface area contributed by atoms with Gasteiger partial charge in [0, 0.05) is 56.8 Å². The fraction of sp³-hybridized carbons (Fsp3) is 0.706. The largest absolute Gasteiger partial charge is 0.392 e. The van der Waals surface area contributed by atoms with Crippen LogP contribution < -0.4 is 11.2 Å². The van der Waals surface area contributed by atoms with Crippen molar-refractivity contribution >= 4 is 5.91 Å². The van der Waals surface area contributed by atoms with Crippen molar-refractivity contribution in [1.29, 1.82) is 0 Å². The van der Waals surface area contributed by atoms with Crippen LogP contribution in [-0.4, -0.2) is 57.4 Å². The van der Waals surface area contributed by atoms with Crippen LogP contribution in [-0.2, 0) is 16.1 Å². The molecule has 0 radical (unpaired) electrons. The van der Waals surface area contributed by atoms with Gasteiger partial charge in [-0.1, -0.05) is 0 Å². The lowest BCUT2D eigenvalue weighted by atomic mass is 9.58. The molecule has 1 amide bonds. The predicted octanol–water partition coefficient (Wildman–Crippen LogP) is -0.295. The van der Waals surface area contributed by atoms with Crippen molar-refractivity contribution in [2.45, 2.75) is 51.4 Å². The number of carbonyl (C=O) groups excluding carboxylic acids is 1. The van der Waals surface area contributed by atoms with Gasteiger partial charge in [-0.15, -0.1) is 0 Å². The van der Waals surface area contributed by atoms with Crippen LogP contribution in [0.5, 0.6) is 0 Å². The fourth-order valence-electron chi connectivity index (χ4n) is 3.98. The van der Waals surface area contributed by atoms with E-state index < -0.39 is 11.2 Å². The van der Waals surface area contributed by atoms with Crippen LogP contribution in [0.15, 0.2) is 21.9 Å². The molecule has 2 fully saturated rings. The Balaban J connectivity index is 1.53. The lowest BCUT2D eigenvalue weighted by molar-refractivity contribution is -0.210. The molecule has 1 saturated heterocycles.